The third-order valence-electron chi connectivity index (χ3n) is 3.36. The zero-order valence-corrected chi connectivity index (χ0v) is 11.9. The molecule has 6 nitrogen and oxygen atoms in total. The van der Waals surface area contributed by atoms with Gasteiger partial charge in [0.2, 0.25) is 11.8 Å². The molecule has 19 heavy (non-hydrogen) atoms. The number of piperidine rings is 1. The number of carbonyl (C=O) groups excluding carboxylic acids is 2. The van der Waals surface area contributed by atoms with Crippen LogP contribution in [0, 0.1) is 5.92 Å². The SMILES string of the molecule is COCCNC(=O)CN(C)C(=O)CC1CCNCC1. The van der Waals surface area contributed by atoms with Crippen LogP contribution in [0.15, 0.2) is 0 Å². The highest BCUT2D eigenvalue weighted by Gasteiger charge is 2.20. The molecule has 1 rings (SSSR count). The van der Waals surface area contributed by atoms with Crippen LogP contribution in [-0.2, 0) is 14.3 Å². The molecule has 0 unspecified atom stereocenters. The van der Waals surface area contributed by atoms with Gasteiger partial charge in [0.15, 0.2) is 0 Å². The van der Waals surface area contributed by atoms with Crippen LogP contribution in [0.4, 0.5) is 0 Å². The molecule has 0 saturated carbocycles. The summed E-state index contributed by atoms with van der Waals surface area (Å²) in [7, 11) is 3.26. The number of ether oxygens (including phenoxy) is 1. The van der Waals surface area contributed by atoms with Gasteiger partial charge in [-0.15, -0.1) is 0 Å². The molecule has 0 radical (unpaired) electrons. The molecule has 0 aromatic carbocycles. The van der Waals surface area contributed by atoms with E-state index in [2.05, 4.69) is 10.6 Å². The fourth-order valence-electron chi connectivity index (χ4n) is 2.14. The van der Waals surface area contributed by atoms with Crippen molar-refractivity contribution >= 4 is 11.8 Å². The molecule has 0 bridgehead atoms. The summed E-state index contributed by atoms with van der Waals surface area (Å²) < 4.78 is 4.84. The maximum absolute atomic E-state index is 12.0. The molecule has 0 aromatic rings. The number of amides is 2. The summed E-state index contributed by atoms with van der Waals surface area (Å²) in [5.74, 6) is 0.361. The van der Waals surface area contributed by atoms with Gasteiger partial charge in [-0.05, 0) is 31.8 Å². The minimum Gasteiger partial charge on any atom is -0.383 e. The minimum atomic E-state index is -0.141. The molecule has 1 aliphatic rings. The largest absolute Gasteiger partial charge is 0.383 e. The predicted molar refractivity (Wildman–Crippen MR) is 72.7 cm³/mol. The number of methoxy groups -OCH3 is 1. The lowest BCUT2D eigenvalue weighted by atomic mass is 9.94. The van der Waals surface area contributed by atoms with Crippen molar-refractivity contribution in [3.05, 3.63) is 0 Å². The number of nitrogens with one attached hydrogen (secondary N) is 2. The van der Waals surface area contributed by atoms with Gasteiger partial charge in [-0.3, -0.25) is 9.59 Å². The number of hydrogen-bond acceptors (Lipinski definition) is 4. The maximum atomic E-state index is 12.0. The van der Waals surface area contributed by atoms with E-state index in [1.807, 2.05) is 0 Å². The van der Waals surface area contributed by atoms with Crippen molar-refractivity contribution in [2.75, 3.05) is 46.9 Å². The van der Waals surface area contributed by atoms with Crippen LogP contribution >= 0.6 is 0 Å². The van der Waals surface area contributed by atoms with Gasteiger partial charge in [0.05, 0.1) is 13.2 Å². The van der Waals surface area contributed by atoms with Gasteiger partial charge in [0, 0.05) is 27.1 Å². The quantitative estimate of drug-likeness (QED) is 0.618. The molecule has 1 aliphatic heterocycles. The van der Waals surface area contributed by atoms with E-state index in [4.69, 9.17) is 4.74 Å². The highest BCUT2D eigenvalue weighted by atomic mass is 16.5. The van der Waals surface area contributed by atoms with E-state index < -0.39 is 0 Å². The number of nitrogens with zero attached hydrogens (tertiary/aromatic N) is 1. The lowest BCUT2D eigenvalue weighted by Crippen LogP contribution is -2.40. The third kappa shape index (κ3) is 6.54. The first kappa shape index (κ1) is 15.9. The van der Waals surface area contributed by atoms with Crippen molar-refractivity contribution in [3.8, 4) is 0 Å². The van der Waals surface area contributed by atoms with Crippen LogP contribution in [-0.4, -0.2) is 63.7 Å². The summed E-state index contributed by atoms with van der Waals surface area (Å²) in [6.45, 7) is 3.05. The smallest absolute Gasteiger partial charge is 0.239 e. The monoisotopic (exact) mass is 271 g/mol. The Labute approximate surface area is 114 Å². The van der Waals surface area contributed by atoms with Crippen molar-refractivity contribution in [1.82, 2.24) is 15.5 Å². The standard InChI is InChI=1S/C13H25N3O3/c1-16(10-12(17)15-7-8-19-2)13(18)9-11-3-5-14-6-4-11/h11,14H,3-10H2,1-2H3,(H,15,17). The van der Waals surface area contributed by atoms with Crippen LogP contribution < -0.4 is 10.6 Å². The van der Waals surface area contributed by atoms with Gasteiger partial charge in [-0.1, -0.05) is 0 Å². The summed E-state index contributed by atoms with van der Waals surface area (Å²) in [5.41, 5.74) is 0. The second-order valence-electron chi connectivity index (χ2n) is 4.99. The molecule has 0 aliphatic carbocycles. The summed E-state index contributed by atoms with van der Waals surface area (Å²) in [4.78, 5) is 25.0. The van der Waals surface area contributed by atoms with Gasteiger partial charge in [-0.2, -0.15) is 0 Å². The van der Waals surface area contributed by atoms with E-state index in [-0.39, 0.29) is 18.4 Å². The third-order valence-corrected chi connectivity index (χ3v) is 3.36. The molecule has 110 valence electrons. The molecular formula is C13H25N3O3. The zero-order chi connectivity index (χ0) is 14.1. The van der Waals surface area contributed by atoms with Crippen molar-refractivity contribution in [2.24, 2.45) is 5.92 Å². The van der Waals surface area contributed by atoms with Gasteiger partial charge in [0.25, 0.3) is 0 Å². The molecular weight excluding hydrogens is 246 g/mol. The zero-order valence-electron chi connectivity index (χ0n) is 11.9. The molecule has 0 spiro atoms. The Hall–Kier alpha value is -1.14. The van der Waals surface area contributed by atoms with Gasteiger partial charge >= 0.3 is 0 Å². The fraction of sp³-hybridized carbons (Fsp3) is 0.846. The summed E-state index contributed by atoms with van der Waals surface area (Å²) in [6.07, 6.45) is 2.63. The topological polar surface area (TPSA) is 70.7 Å². The van der Waals surface area contributed by atoms with E-state index in [1.54, 1.807) is 14.2 Å². The number of hydrogen-bond donors (Lipinski definition) is 2. The van der Waals surface area contributed by atoms with E-state index in [0.29, 0.717) is 25.5 Å². The Bertz CT molecular complexity index is 291. The first-order valence-electron chi connectivity index (χ1n) is 6.83. The van der Waals surface area contributed by atoms with E-state index in [0.717, 1.165) is 25.9 Å². The molecule has 2 N–H and O–H groups in total. The van der Waals surface area contributed by atoms with Crippen LogP contribution in [0.3, 0.4) is 0 Å². The highest BCUT2D eigenvalue weighted by molar-refractivity contribution is 5.84. The Balaban J connectivity index is 2.21. The van der Waals surface area contributed by atoms with E-state index in [9.17, 15) is 9.59 Å². The average molecular weight is 271 g/mol. The molecule has 6 heteroatoms. The number of rotatable bonds is 7. The minimum absolute atomic E-state index is 0.0498. The molecule has 0 aromatic heterocycles. The van der Waals surface area contributed by atoms with Gasteiger partial charge in [-0.25, -0.2) is 0 Å². The predicted octanol–water partition coefficient (Wildman–Crippen LogP) is -0.403. The van der Waals surface area contributed by atoms with Crippen molar-refractivity contribution < 1.29 is 14.3 Å². The number of carbonyl (C=O) groups is 2. The van der Waals surface area contributed by atoms with Crippen LogP contribution in [0.25, 0.3) is 0 Å². The van der Waals surface area contributed by atoms with Gasteiger partial charge in [0.1, 0.15) is 0 Å². The molecule has 1 fully saturated rings. The fourth-order valence-corrected chi connectivity index (χ4v) is 2.14. The van der Waals surface area contributed by atoms with Crippen molar-refractivity contribution in [3.63, 3.8) is 0 Å². The van der Waals surface area contributed by atoms with Crippen LogP contribution in [0.5, 0.6) is 0 Å². The van der Waals surface area contributed by atoms with E-state index >= 15 is 0 Å². The van der Waals surface area contributed by atoms with Gasteiger partial charge < -0.3 is 20.3 Å². The normalized spacial score (nSPS) is 16.1. The Morgan fingerprint density at radius 3 is 2.68 bits per heavy atom. The lowest BCUT2D eigenvalue weighted by molar-refractivity contribution is -0.135. The average Bonchev–Trinajstić information content (AvgIpc) is 2.40. The molecule has 1 heterocycles. The molecule has 2 amide bonds. The highest BCUT2D eigenvalue weighted by Crippen LogP contribution is 2.16. The van der Waals surface area contributed by atoms with Crippen molar-refractivity contribution in [2.45, 2.75) is 19.3 Å². The van der Waals surface area contributed by atoms with E-state index in [1.165, 1.54) is 4.90 Å². The Morgan fingerprint density at radius 2 is 2.05 bits per heavy atom. The van der Waals surface area contributed by atoms with Crippen molar-refractivity contribution in [1.29, 1.82) is 0 Å². The first-order chi connectivity index (χ1) is 9.13. The maximum Gasteiger partial charge on any atom is 0.239 e. The summed E-state index contributed by atoms with van der Waals surface area (Å²) >= 11 is 0. The first-order valence-corrected chi connectivity index (χ1v) is 6.83. The summed E-state index contributed by atoms with van der Waals surface area (Å²) in [5, 5.41) is 5.98. The lowest BCUT2D eigenvalue weighted by Gasteiger charge is -2.24. The summed E-state index contributed by atoms with van der Waals surface area (Å²) in [6, 6.07) is 0. The van der Waals surface area contributed by atoms with Crippen LogP contribution in [0.2, 0.25) is 0 Å². The van der Waals surface area contributed by atoms with Crippen LogP contribution in [0.1, 0.15) is 19.3 Å². The molecule has 1 saturated heterocycles. The second kappa shape index (κ2) is 8.87. The Kier molecular flexibility index (Phi) is 7.43. The molecule has 0 atom stereocenters. The Morgan fingerprint density at radius 1 is 1.37 bits per heavy atom. The second-order valence-corrected chi connectivity index (χ2v) is 4.99. The number of likely N-dealkylation sites (N-methyl/N-ethyl adjacent to an activating group) is 1.